The van der Waals surface area contributed by atoms with Crippen molar-refractivity contribution < 1.29 is 4.79 Å². The van der Waals surface area contributed by atoms with Crippen molar-refractivity contribution in [3.05, 3.63) is 59.0 Å². The SMILES string of the molecule is C=C1CCC(n2c(=C)c3cccc(CCC(=O)NCCCCCCCCN)c3c2=C)C(=C)N1. The van der Waals surface area contributed by atoms with E-state index in [4.69, 9.17) is 5.73 Å². The third-order valence-electron chi connectivity index (χ3n) is 6.68. The van der Waals surface area contributed by atoms with E-state index in [-0.39, 0.29) is 11.9 Å². The van der Waals surface area contributed by atoms with Crippen LogP contribution in [-0.4, -0.2) is 23.6 Å². The molecule has 0 bridgehead atoms. The first-order chi connectivity index (χ1) is 15.9. The summed E-state index contributed by atoms with van der Waals surface area (Å²) in [5.74, 6) is 0.110. The van der Waals surface area contributed by atoms with E-state index >= 15 is 0 Å². The number of aromatic nitrogens is 1. The lowest BCUT2D eigenvalue weighted by Crippen LogP contribution is -2.36. The number of fused-ring (bicyclic) bond motifs is 1. The van der Waals surface area contributed by atoms with E-state index in [1.807, 2.05) is 0 Å². The van der Waals surface area contributed by atoms with Gasteiger partial charge >= 0.3 is 0 Å². The Morgan fingerprint density at radius 2 is 1.79 bits per heavy atom. The van der Waals surface area contributed by atoms with E-state index < -0.39 is 0 Å². The standard InChI is InChI=1S/C28H40N4O/c1-20-14-16-26(21(2)31-20)32-22(3)25-13-11-12-24(28(25)23(32)4)15-17-27(33)30-19-10-8-6-5-7-9-18-29/h11-13,26,31H,1-10,14-19,29H2,(H,30,33). The minimum absolute atomic E-state index is 0.106. The average Bonchev–Trinajstić information content (AvgIpc) is 3.05. The molecule has 0 aliphatic carbocycles. The number of piperidine rings is 1. The van der Waals surface area contributed by atoms with E-state index in [1.165, 1.54) is 19.3 Å². The molecule has 178 valence electrons. The minimum atomic E-state index is 0.106. The molecule has 1 aromatic heterocycles. The molecule has 2 heterocycles. The van der Waals surface area contributed by atoms with Gasteiger partial charge in [-0.25, -0.2) is 0 Å². The maximum Gasteiger partial charge on any atom is 0.220 e. The number of rotatable bonds is 12. The molecule has 33 heavy (non-hydrogen) atoms. The molecule has 5 heteroatoms. The molecule has 1 unspecified atom stereocenters. The summed E-state index contributed by atoms with van der Waals surface area (Å²) in [6.45, 7) is 18.5. The van der Waals surface area contributed by atoms with E-state index in [1.54, 1.807) is 0 Å². The summed E-state index contributed by atoms with van der Waals surface area (Å²) in [7, 11) is 0. The zero-order valence-corrected chi connectivity index (χ0v) is 20.1. The highest BCUT2D eigenvalue weighted by Crippen LogP contribution is 2.27. The third kappa shape index (κ3) is 6.17. The molecule has 2 aromatic rings. The van der Waals surface area contributed by atoms with Gasteiger partial charge in [-0.15, -0.1) is 0 Å². The van der Waals surface area contributed by atoms with E-state index in [0.717, 1.165) is 83.6 Å². The van der Waals surface area contributed by atoms with Crippen LogP contribution in [0.5, 0.6) is 0 Å². The number of carbonyl (C=O) groups is 1. The number of unbranched alkanes of at least 4 members (excludes halogenated alkanes) is 5. The predicted molar refractivity (Wildman–Crippen MR) is 140 cm³/mol. The number of aryl methyl sites for hydroxylation is 1. The van der Waals surface area contributed by atoms with Crippen LogP contribution in [0.3, 0.4) is 0 Å². The Bertz CT molecular complexity index is 1100. The highest BCUT2D eigenvalue weighted by molar-refractivity contribution is 5.87. The van der Waals surface area contributed by atoms with Crippen LogP contribution >= 0.6 is 0 Å². The Kier molecular flexibility index (Phi) is 8.95. The van der Waals surface area contributed by atoms with Gasteiger partial charge in [-0.2, -0.15) is 0 Å². The monoisotopic (exact) mass is 448 g/mol. The van der Waals surface area contributed by atoms with Crippen molar-refractivity contribution in [1.29, 1.82) is 0 Å². The smallest absolute Gasteiger partial charge is 0.220 e. The van der Waals surface area contributed by atoms with Crippen LogP contribution in [0.15, 0.2) is 42.8 Å². The number of amides is 1. The summed E-state index contributed by atoms with van der Waals surface area (Å²) in [5, 5.41) is 10.5. The highest BCUT2D eigenvalue weighted by Gasteiger charge is 2.23. The lowest BCUT2D eigenvalue weighted by molar-refractivity contribution is -0.121. The summed E-state index contributed by atoms with van der Waals surface area (Å²) in [4.78, 5) is 12.4. The molecule has 1 aromatic carbocycles. The maximum atomic E-state index is 12.4. The second kappa shape index (κ2) is 11.9. The minimum Gasteiger partial charge on any atom is -0.362 e. The first kappa shape index (κ1) is 24.8. The zero-order valence-electron chi connectivity index (χ0n) is 20.1. The number of hydrogen-bond acceptors (Lipinski definition) is 3. The van der Waals surface area contributed by atoms with Gasteiger partial charge in [0.05, 0.1) is 6.04 Å². The molecule has 1 amide bonds. The highest BCUT2D eigenvalue weighted by atomic mass is 16.1. The molecule has 3 rings (SSSR count). The van der Waals surface area contributed by atoms with Gasteiger partial charge in [-0.1, -0.05) is 70.2 Å². The molecule has 1 aliphatic heterocycles. The number of carbonyl (C=O) groups excluding carboxylic acids is 1. The Morgan fingerprint density at radius 1 is 1.06 bits per heavy atom. The maximum absolute atomic E-state index is 12.4. The van der Waals surface area contributed by atoms with Gasteiger partial charge < -0.3 is 20.9 Å². The molecule has 4 N–H and O–H groups in total. The van der Waals surface area contributed by atoms with Gasteiger partial charge in [-0.05, 0) is 44.2 Å². The molecule has 5 nitrogen and oxygen atoms in total. The molecular formula is C28H40N4O. The molecular weight excluding hydrogens is 408 g/mol. The van der Waals surface area contributed by atoms with Gasteiger partial charge in [0.15, 0.2) is 0 Å². The molecule has 0 radical (unpaired) electrons. The quantitative estimate of drug-likeness (QED) is 0.433. The van der Waals surface area contributed by atoms with Crippen molar-refractivity contribution in [3.63, 3.8) is 0 Å². The topological polar surface area (TPSA) is 72.1 Å². The lowest BCUT2D eigenvalue weighted by atomic mass is 10.0. The van der Waals surface area contributed by atoms with Gasteiger partial charge in [0, 0.05) is 45.8 Å². The number of benzene rings is 1. The van der Waals surface area contributed by atoms with Gasteiger partial charge in [0.25, 0.3) is 0 Å². The Morgan fingerprint density at radius 3 is 2.52 bits per heavy atom. The van der Waals surface area contributed by atoms with Crippen molar-refractivity contribution >= 4 is 29.8 Å². The van der Waals surface area contributed by atoms with Crippen LogP contribution in [0.2, 0.25) is 0 Å². The average molecular weight is 449 g/mol. The molecule has 1 saturated heterocycles. The number of hydrogen-bond donors (Lipinski definition) is 3. The molecule has 0 spiro atoms. The zero-order chi connectivity index (χ0) is 23.8. The normalized spacial score (nSPS) is 16.2. The summed E-state index contributed by atoms with van der Waals surface area (Å²) < 4.78 is 2.20. The summed E-state index contributed by atoms with van der Waals surface area (Å²) >= 11 is 0. The fourth-order valence-electron chi connectivity index (χ4n) is 4.86. The number of nitrogens with one attached hydrogen (secondary N) is 2. The number of nitrogens with two attached hydrogens (primary N) is 1. The van der Waals surface area contributed by atoms with E-state index in [9.17, 15) is 4.79 Å². The largest absolute Gasteiger partial charge is 0.362 e. The Balaban J connectivity index is 1.60. The summed E-state index contributed by atoms with van der Waals surface area (Å²) in [6.07, 6.45) is 9.95. The van der Waals surface area contributed by atoms with Crippen LogP contribution in [0, 0.1) is 0 Å². The number of allylic oxidation sites excluding steroid dienone is 2. The van der Waals surface area contributed by atoms with Crippen molar-refractivity contribution in [2.24, 2.45) is 5.73 Å². The van der Waals surface area contributed by atoms with Crippen molar-refractivity contribution in [2.75, 3.05) is 13.1 Å². The van der Waals surface area contributed by atoms with Crippen LogP contribution in [-0.2, 0) is 11.2 Å². The first-order valence-electron chi connectivity index (χ1n) is 12.3. The van der Waals surface area contributed by atoms with E-state index in [2.05, 4.69) is 59.7 Å². The van der Waals surface area contributed by atoms with E-state index in [0.29, 0.717) is 12.8 Å². The van der Waals surface area contributed by atoms with Crippen LogP contribution in [0.1, 0.15) is 69.4 Å². The molecule has 1 fully saturated rings. The Hall–Kier alpha value is -2.79. The van der Waals surface area contributed by atoms with Gasteiger partial charge in [0.1, 0.15) is 0 Å². The summed E-state index contributed by atoms with van der Waals surface area (Å²) in [6, 6.07) is 6.35. The van der Waals surface area contributed by atoms with Crippen molar-refractivity contribution in [1.82, 2.24) is 15.2 Å². The van der Waals surface area contributed by atoms with Crippen LogP contribution < -0.4 is 27.1 Å². The second-order valence-corrected chi connectivity index (χ2v) is 9.17. The third-order valence-corrected chi connectivity index (χ3v) is 6.68. The first-order valence-corrected chi connectivity index (χ1v) is 12.3. The van der Waals surface area contributed by atoms with Crippen molar-refractivity contribution in [2.45, 2.75) is 70.3 Å². The van der Waals surface area contributed by atoms with Crippen LogP contribution in [0.25, 0.3) is 23.9 Å². The van der Waals surface area contributed by atoms with Crippen molar-refractivity contribution in [3.8, 4) is 0 Å². The van der Waals surface area contributed by atoms with Gasteiger partial charge in [-0.3, -0.25) is 4.79 Å². The number of nitrogens with zero attached hydrogens (tertiary/aromatic N) is 1. The molecule has 1 aliphatic rings. The van der Waals surface area contributed by atoms with Crippen LogP contribution in [0.4, 0.5) is 0 Å². The molecule has 0 saturated carbocycles. The second-order valence-electron chi connectivity index (χ2n) is 9.17. The lowest BCUT2D eigenvalue weighted by Gasteiger charge is -2.29. The fraction of sp³-hybridized carbons (Fsp3) is 0.464. The predicted octanol–water partition coefficient (Wildman–Crippen LogP) is 3.76. The summed E-state index contributed by atoms with van der Waals surface area (Å²) in [5.41, 5.74) is 8.60. The van der Waals surface area contributed by atoms with Gasteiger partial charge in [0.2, 0.25) is 5.91 Å². The fourth-order valence-corrected chi connectivity index (χ4v) is 4.86. The molecule has 1 atom stereocenters. The Labute approximate surface area is 198 Å².